The van der Waals surface area contributed by atoms with E-state index in [0.717, 1.165) is 51.7 Å². The van der Waals surface area contributed by atoms with Crippen LogP contribution in [0.1, 0.15) is 57.8 Å². The minimum absolute atomic E-state index is 0.152. The van der Waals surface area contributed by atoms with Gasteiger partial charge in [-0.05, 0) is 58.0 Å². The number of carbonyl (C=O) groups excluding carboxylic acids is 1. The maximum atomic E-state index is 13.5. The fraction of sp³-hybridized carbons (Fsp3) is 0.842. The van der Waals surface area contributed by atoms with Crippen molar-refractivity contribution in [3.05, 3.63) is 12.7 Å². The second kappa shape index (κ2) is 6.94. The van der Waals surface area contributed by atoms with Crippen molar-refractivity contribution < 1.29 is 9.90 Å². The maximum Gasteiger partial charge on any atom is 0.243 e. The average molecular weight is 320 g/mol. The van der Waals surface area contributed by atoms with E-state index in [1.54, 1.807) is 0 Å². The molecule has 3 fully saturated rings. The van der Waals surface area contributed by atoms with Crippen molar-refractivity contribution in [2.24, 2.45) is 5.41 Å². The van der Waals surface area contributed by atoms with Crippen molar-refractivity contribution in [1.29, 1.82) is 0 Å². The molecule has 1 aliphatic carbocycles. The first-order valence-corrected chi connectivity index (χ1v) is 9.42. The zero-order valence-corrected chi connectivity index (χ0v) is 14.4. The van der Waals surface area contributed by atoms with Crippen LogP contribution >= 0.6 is 0 Å². The van der Waals surface area contributed by atoms with Gasteiger partial charge in [-0.25, -0.2) is 0 Å². The van der Waals surface area contributed by atoms with Crippen LogP contribution in [-0.2, 0) is 4.79 Å². The minimum atomic E-state index is -0.233. The first-order chi connectivity index (χ1) is 11.2. The summed E-state index contributed by atoms with van der Waals surface area (Å²) in [5.74, 6) is 0.346. The number of hydrogen-bond donors (Lipinski definition) is 1. The first kappa shape index (κ1) is 17.0. The van der Waals surface area contributed by atoms with Gasteiger partial charge in [-0.1, -0.05) is 18.9 Å². The Morgan fingerprint density at radius 3 is 2.35 bits per heavy atom. The van der Waals surface area contributed by atoms with Crippen molar-refractivity contribution >= 4 is 5.91 Å². The van der Waals surface area contributed by atoms with Crippen LogP contribution in [0.5, 0.6) is 0 Å². The molecule has 2 heterocycles. The van der Waals surface area contributed by atoms with Crippen molar-refractivity contribution in [2.45, 2.75) is 63.3 Å². The lowest BCUT2D eigenvalue weighted by Gasteiger charge is -2.46. The topological polar surface area (TPSA) is 43.8 Å². The van der Waals surface area contributed by atoms with E-state index in [0.29, 0.717) is 12.5 Å². The van der Waals surface area contributed by atoms with Gasteiger partial charge in [0.2, 0.25) is 5.91 Å². The minimum Gasteiger partial charge on any atom is -0.396 e. The van der Waals surface area contributed by atoms with Gasteiger partial charge in [-0.2, -0.15) is 0 Å². The van der Waals surface area contributed by atoms with Crippen molar-refractivity contribution in [2.75, 3.05) is 32.8 Å². The molecule has 3 aliphatic rings. The quantitative estimate of drug-likeness (QED) is 0.792. The number of aliphatic hydroxyl groups excluding tert-OH is 1. The smallest absolute Gasteiger partial charge is 0.243 e. The maximum absolute atomic E-state index is 13.5. The van der Waals surface area contributed by atoms with Gasteiger partial charge in [0.1, 0.15) is 5.54 Å². The number of hydrogen-bond acceptors (Lipinski definition) is 3. The van der Waals surface area contributed by atoms with E-state index in [9.17, 15) is 9.90 Å². The van der Waals surface area contributed by atoms with Crippen LogP contribution in [0.25, 0.3) is 0 Å². The van der Waals surface area contributed by atoms with Crippen LogP contribution < -0.4 is 0 Å². The molecule has 1 atom stereocenters. The van der Waals surface area contributed by atoms with Crippen molar-refractivity contribution in [1.82, 2.24) is 9.80 Å². The number of piperidine rings is 1. The summed E-state index contributed by atoms with van der Waals surface area (Å²) < 4.78 is 0. The molecule has 0 bridgehead atoms. The van der Waals surface area contributed by atoms with E-state index in [2.05, 4.69) is 16.4 Å². The van der Waals surface area contributed by atoms with Crippen molar-refractivity contribution in [3.8, 4) is 0 Å². The van der Waals surface area contributed by atoms with Gasteiger partial charge in [0.15, 0.2) is 0 Å². The summed E-state index contributed by atoms with van der Waals surface area (Å²) in [6.07, 6.45) is 11.5. The number of rotatable bonds is 5. The van der Waals surface area contributed by atoms with Gasteiger partial charge in [0.25, 0.3) is 0 Å². The molecule has 4 nitrogen and oxygen atoms in total. The molecule has 1 unspecified atom stereocenters. The number of allylic oxidation sites excluding steroid dienone is 1. The van der Waals surface area contributed by atoms with E-state index in [-0.39, 0.29) is 17.6 Å². The Morgan fingerprint density at radius 1 is 1.04 bits per heavy atom. The fourth-order valence-corrected chi connectivity index (χ4v) is 5.11. The van der Waals surface area contributed by atoms with Crippen LogP contribution in [0.3, 0.4) is 0 Å². The number of likely N-dealkylation sites (tertiary alicyclic amines) is 2. The molecule has 0 aromatic rings. The molecule has 1 saturated carbocycles. The molecule has 0 spiro atoms. The molecular weight excluding hydrogens is 288 g/mol. The van der Waals surface area contributed by atoms with Gasteiger partial charge in [-0.15, -0.1) is 6.58 Å². The van der Waals surface area contributed by atoms with Crippen LogP contribution in [0, 0.1) is 5.41 Å². The van der Waals surface area contributed by atoms with E-state index in [1.165, 1.54) is 25.7 Å². The normalized spacial score (nSPS) is 31.4. The zero-order chi connectivity index (χ0) is 16.3. The summed E-state index contributed by atoms with van der Waals surface area (Å²) in [7, 11) is 0. The second-order valence-electron chi connectivity index (χ2n) is 7.91. The van der Waals surface area contributed by atoms with E-state index < -0.39 is 0 Å². The molecule has 3 rings (SSSR count). The van der Waals surface area contributed by atoms with Gasteiger partial charge in [-0.3, -0.25) is 9.69 Å². The van der Waals surface area contributed by atoms with Crippen LogP contribution in [0.15, 0.2) is 12.7 Å². The molecule has 0 aromatic carbocycles. The molecule has 23 heavy (non-hydrogen) atoms. The molecule has 0 radical (unpaired) electrons. The number of aliphatic hydroxyl groups is 1. The lowest BCUT2D eigenvalue weighted by molar-refractivity contribution is -0.148. The Morgan fingerprint density at radius 2 is 1.74 bits per heavy atom. The Balaban J connectivity index is 1.78. The lowest BCUT2D eigenvalue weighted by atomic mass is 9.77. The Hall–Kier alpha value is -0.870. The third-order valence-corrected chi connectivity index (χ3v) is 6.40. The number of carbonyl (C=O) groups is 1. The van der Waals surface area contributed by atoms with Gasteiger partial charge < -0.3 is 10.0 Å². The van der Waals surface area contributed by atoms with Gasteiger partial charge in [0, 0.05) is 18.5 Å². The van der Waals surface area contributed by atoms with E-state index >= 15 is 0 Å². The molecular formula is C19H32N2O2. The van der Waals surface area contributed by atoms with Crippen LogP contribution in [0.4, 0.5) is 0 Å². The Labute approximate surface area is 140 Å². The average Bonchev–Trinajstić information content (AvgIpc) is 3.26. The van der Waals surface area contributed by atoms with E-state index in [1.807, 2.05) is 6.08 Å². The van der Waals surface area contributed by atoms with Crippen LogP contribution in [0.2, 0.25) is 0 Å². The molecule has 0 aromatic heterocycles. The summed E-state index contributed by atoms with van der Waals surface area (Å²) in [6, 6.07) is 0. The summed E-state index contributed by atoms with van der Waals surface area (Å²) in [6.45, 7) is 7.72. The number of amides is 1. The third-order valence-electron chi connectivity index (χ3n) is 6.40. The molecule has 1 N–H and O–H groups in total. The van der Waals surface area contributed by atoms with Gasteiger partial charge in [0.05, 0.1) is 6.61 Å². The van der Waals surface area contributed by atoms with Gasteiger partial charge >= 0.3 is 0 Å². The highest BCUT2D eigenvalue weighted by Crippen LogP contribution is 2.41. The second-order valence-corrected chi connectivity index (χ2v) is 7.91. The molecule has 1 amide bonds. The Kier molecular flexibility index (Phi) is 5.12. The Bertz CT molecular complexity index is 439. The fourth-order valence-electron chi connectivity index (χ4n) is 5.11. The highest BCUT2D eigenvalue weighted by molar-refractivity contribution is 5.87. The highest BCUT2D eigenvalue weighted by Gasteiger charge is 2.50. The molecule has 4 heteroatoms. The molecule has 2 saturated heterocycles. The molecule has 2 aliphatic heterocycles. The summed E-state index contributed by atoms with van der Waals surface area (Å²) in [5.41, 5.74) is -0.399. The zero-order valence-electron chi connectivity index (χ0n) is 14.4. The molecule has 130 valence electrons. The van der Waals surface area contributed by atoms with Crippen LogP contribution in [-0.4, -0.2) is 59.1 Å². The standard InChI is InChI=1S/C19H32N2O2/c1-2-8-18(16-22)9-7-12-20(15-18)17(23)19(10-3-4-11-19)21-13-5-6-14-21/h2,22H,1,3-16H2. The lowest BCUT2D eigenvalue weighted by Crippen LogP contribution is -2.60. The summed E-state index contributed by atoms with van der Waals surface area (Å²) in [5, 5.41) is 9.92. The largest absolute Gasteiger partial charge is 0.396 e. The monoisotopic (exact) mass is 320 g/mol. The van der Waals surface area contributed by atoms with Crippen molar-refractivity contribution in [3.63, 3.8) is 0 Å². The predicted molar refractivity (Wildman–Crippen MR) is 92.2 cm³/mol. The summed E-state index contributed by atoms with van der Waals surface area (Å²) in [4.78, 5) is 18.0. The summed E-state index contributed by atoms with van der Waals surface area (Å²) >= 11 is 0. The first-order valence-electron chi connectivity index (χ1n) is 9.42. The SMILES string of the molecule is C=CCC1(CO)CCCN(C(=O)C2(N3CCCC3)CCCC2)C1. The number of nitrogens with zero attached hydrogens (tertiary/aromatic N) is 2. The van der Waals surface area contributed by atoms with E-state index in [4.69, 9.17) is 0 Å². The highest BCUT2D eigenvalue weighted by atomic mass is 16.3. The third kappa shape index (κ3) is 3.08. The predicted octanol–water partition coefficient (Wildman–Crippen LogP) is 2.57.